The lowest BCUT2D eigenvalue weighted by Gasteiger charge is -2.60. The number of aliphatic hydroxyl groups is 3. The van der Waals surface area contributed by atoms with Crippen molar-refractivity contribution in [2.75, 3.05) is 6.61 Å². The lowest BCUT2D eigenvalue weighted by atomic mass is 9.45. The van der Waals surface area contributed by atoms with Gasteiger partial charge in [-0.2, -0.15) is 0 Å². The van der Waals surface area contributed by atoms with Crippen molar-refractivity contribution in [3.63, 3.8) is 0 Å². The molecule has 4 rings (SSSR count). The van der Waals surface area contributed by atoms with E-state index in [9.17, 15) is 24.9 Å². The Labute approximate surface area is 154 Å². The maximum atomic E-state index is 12.4. The number of Topliss-reactive ketones (excluding diaryl/α,β-unsaturated/α-hetero) is 1. The Balaban J connectivity index is 1.74. The van der Waals surface area contributed by atoms with Crippen LogP contribution in [0.15, 0.2) is 11.6 Å². The number of hydrogen-bond donors (Lipinski definition) is 3. The molecule has 0 amide bonds. The number of carbonyl (C=O) groups excluding carboxylic acids is 2. The monoisotopic (exact) mass is 362 g/mol. The first kappa shape index (κ1) is 18.3. The van der Waals surface area contributed by atoms with Crippen molar-refractivity contribution in [1.29, 1.82) is 0 Å². The van der Waals surface area contributed by atoms with Crippen LogP contribution in [-0.4, -0.2) is 45.2 Å². The fourth-order valence-electron chi connectivity index (χ4n) is 7.28. The Morgan fingerprint density at radius 1 is 1.23 bits per heavy atom. The molecule has 0 aromatic heterocycles. The average Bonchev–Trinajstić information content (AvgIpc) is 2.86. The third-order valence-electron chi connectivity index (χ3n) is 8.65. The van der Waals surface area contributed by atoms with E-state index in [1.807, 2.05) is 6.92 Å². The first-order chi connectivity index (χ1) is 12.2. The number of hydrogen-bond acceptors (Lipinski definition) is 5. The zero-order valence-electron chi connectivity index (χ0n) is 15.7. The summed E-state index contributed by atoms with van der Waals surface area (Å²) in [4.78, 5) is 24.3. The lowest BCUT2D eigenvalue weighted by Crippen LogP contribution is -2.62. The predicted octanol–water partition coefficient (Wildman–Crippen LogP) is 1.78. The zero-order chi connectivity index (χ0) is 18.9. The van der Waals surface area contributed by atoms with Gasteiger partial charge in [0, 0.05) is 11.8 Å². The first-order valence-electron chi connectivity index (χ1n) is 9.96. The Hall–Kier alpha value is -1.04. The molecule has 3 fully saturated rings. The van der Waals surface area contributed by atoms with E-state index in [4.69, 9.17) is 0 Å². The van der Waals surface area contributed by atoms with Crippen LogP contribution in [0.5, 0.6) is 0 Å². The molecule has 0 heterocycles. The van der Waals surface area contributed by atoms with Crippen LogP contribution in [0.25, 0.3) is 0 Å². The molecule has 0 aliphatic heterocycles. The molecule has 4 aliphatic rings. The number of aliphatic hydroxyl groups excluding tert-OH is 2. The predicted molar refractivity (Wildman–Crippen MR) is 95.1 cm³/mol. The molecule has 26 heavy (non-hydrogen) atoms. The van der Waals surface area contributed by atoms with Crippen molar-refractivity contribution in [2.24, 2.45) is 28.6 Å². The van der Waals surface area contributed by atoms with E-state index in [1.54, 1.807) is 6.08 Å². The van der Waals surface area contributed by atoms with Gasteiger partial charge in [-0.15, -0.1) is 0 Å². The average molecular weight is 362 g/mol. The Morgan fingerprint density at radius 2 is 1.96 bits per heavy atom. The Kier molecular flexibility index (Phi) is 4.04. The van der Waals surface area contributed by atoms with Gasteiger partial charge < -0.3 is 15.3 Å². The van der Waals surface area contributed by atoms with Gasteiger partial charge in [0.25, 0.3) is 0 Å². The van der Waals surface area contributed by atoms with Crippen LogP contribution in [-0.2, 0) is 9.59 Å². The molecule has 4 aliphatic carbocycles. The molecular weight excluding hydrogens is 332 g/mol. The summed E-state index contributed by atoms with van der Waals surface area (Å²) in [7, 11) is 0. The summed E-state index contributed by atoms with van der Waals surface area (Å²) in [6, 6.07) is 0. The molecular formula is C21H30O5. The molecule has 3 saturated carbocycles. The molecule has 5 nitrogen and oxygen atoms in total. The summed E-state index contributed by atoms with van der Waals surface area (Å²) in [6.45, 7) is 3.46. The minimum absolute atomic E-state index is 0.0697. The van der Waals surface area contributed by atoms with E-state index in [-0.39, 0.29) is 29.0 Å². The van der Waals surface area contributed by atoms with Crippen LogP contribution >= 0.6 is 0 Å². The highest BCUT2D eigenvalue weighted by molar-refractivity contribution is 5.91. The van der Waals surface area contributed by atoms with Crippen LogP contribution < -0.4 is 0 Å². The van der Waals surface area contributed by atoms with Gasteiger partial charge in [0.15, 0.2) is 11.6 Å². The largest absolute Gasteiger partial charge is 0.393 e. The molecule has 0 bridgehead atoms. The lowest BCUT2D eigenvalue weighted by molar-refractivity contribution is -0.182. The van der Waals surface area contributed by atoms with Crippen LogP contribution in [0.2, 0.25) is 0 Å². The van der Waals surface area contributed by atoms with Crippen molar-refractivity contribution in [3.8, 4) is 0 Å². The Bertz CT molecular complexity index is 684. The summed E-state index contributed by atoms with van der Waals surface area (Å²) in [6.07, 6.45) is 5.74. The van der Waals surface area contributed by atoms with E-state index in [2.05, 4.69) is 6.92 Å². The van der Waals surface area contributed by atoms with Crippen molar-refractivity contribution in [1.82, 2.24) is 0 Å². The second kappa shape index (κ2) is 5.73. The standard InChI is InChI=1S/C21H30O5/c1-19-7-5-13(23)9-12(19)3-4-14-15-6-8-21(26,17(25)11-22)20(15,2)10-16(24)18(14)19/h9,14-16,18,22,24,26H,3-8,10-11H2,1-2H3/t14-,15?,16-,18?,19?,20?,21-/m0/s1. The molecule has 5 heteroatoms. The topological polar surface area (TPSA) is 94.8 Å². The highest BCUT2D eigenvalue weighted by atomic mass is 16.3. The van der Waals surface area contributed by atoms with Crippen LogP contribution in [0.4, 0.5) is 0 Å². The molecule has 0 radical (unpaired) electrons. The van der Waals surface area contributed by atoms with Crippen LogP contribution in [0.3, 0.4) is 0 Å². The molecule has 0 saturated heterocycles. The fourth-order valence-corrected chi connectivity index (χ4v) is 7.28. The number of ketones is 2. The smallest absolute Gasteiger partial charge is 0.190 e. The van der Waals surface area contributed by atoms with Gasteiger partial charge in [-0.1, -0.05) is 19.4 Å². The second-order valence-corrected chi connectivity index (χ2v) is 9.56. The van der Waals surface area contributed by atoms with Crippen molar-refractivity contribution >= 4 is 11.6 Å². The normalized spacial score (nSPS) is 50.5. The summed E-state index contributed by atoms with van der Waals surface area (Å²) >= 11 is 0. The molecule has 144 valence electrons. The van der Waals surface area contributed by atoms with Crippen molar-refractivity contribution in [3.05, 3.63) is 11.6 Å². The van der Waals surface area contributed by atoms with Gasteiger partial charge in [-0.3, -0.25) is 9.59 Å². The summed E-state index contributed by atoms with van der Waals surface area (Å²) in [5, 5.41) is 31.7. The fraction of sp³-hybridized carbons (Fsp3) is 0.810. The maximum absolute atomic E-state index is 12.4. The highest BCUT2D eigenvalue weighted by Gasteiger charge is 2.68. The molecule has 0 aromatic carbocycles. The van der Waals surface area contributed by atoms with Gasteiger partial charge in [-0.05, 0) is 67.8 Å². The summed E-state index contributed by atoms with van der Waals surface area (Å²) in [5.41, 5.74) is -1.23. The minimum Gasteiger partial charge on any atom is -0.393 e. The first-order valence-corrected chi connectivity index (χ1v) is 9.96. The van der Waals surface area contributed by atoms with E-state index in [0.717, 1.165) is 25.7 Å². The summed E-state index contributed by atoms with van der Waals surface area (Å²) in [5.74, 6) is 0.140. The Morgan fingerprint density at radius 3 is 2.65 bits per heavy atom. The maximum Gasteiger partial charge on any atom is 0.190 e. The second-order valence-electron chi connectivity index (χ2n) is 9.56. The van der Waals surface area contributed by atoms with Gasteiger partial charge in [0.05, 0.1) is 6.10 Å². The quantitative estimate of drug-likeness (QED) is 0.696. The number of fused-ring (bicyclic) bond motifs is 5. The van der Waals surface area contributed by atoms with Gasteiger partial charge >= 0.3 is 0 Å². The molecule has 0 aromatic rings. The van der Waals surface area contributed by atoms with E-state index in [0.29, 0.717) is 19.3 Å². The molecule has 7 atom stereocenters. The SMILES string of the molecule is CC12CCC(=O)C=C1CC[C@@H]1C2[C@@H](O)CC2(C)C1CC[C@]2(O)C(=O)CO. The molecule has 3 N–H and O–H groups in total. The van der Waals surface area contributed by atoms with Crippen molar-refractivity contribution in [2.45, 2.75) is 70.5 Å². The van der Waals surface area contributed by atoms with Crippen molar-refractivity contribution < 1.29 is 24.9 Å². The molecule has 4 unspecified atom stereocenters. The van der Waals surface area contributed by atoms with Crippen LogP contribution in [0.1, 0.15) is 58.8 Å². The van der Waals surface area contributed by atoms with E-state index < -0.39 is 29.5 Å². The number of allylic oxidation sites excluding steroid dienone is 1. The highest BCUT2D eigenvalue weighted by Crippen LogP contribution is 2.67. The number of carbonyl (C=O) groups is 2. The third kappa shape index (κ3) is 2.14. The van der Waals surface area contributed by atoms with Gasteiger partial charge in [-0.25, -0.2) is 0 Å². The minimum atomic E-state index is -1.54. The zero-order valence-corrected chi connectivity index (χ0v) is 15.7. The number of rotatable bonds is 2. The molecule has 0 spiro atoms. The van der Waals surface area contributed by atoms with Gasteiger partial charge in [0.1, 0.15) is 12.2 Å². The van der Waals surface area contributed by atoms with Crippen LogP contribution in [0, 0.1) is 28.6 Å². The van der Waals surface area contributed by atoms with Gasteiger partial charge in [0.2, 0.25) is 0 Å². The van der Waals surface area contributed by atoms with E-state index >= 15 is 0 Å². The third-order valence-corrected chi connectivity index (χ3v) is 8.65. The summed E-state index contributed by atoms with van der Waals surface area (Å²) < 4.78 is 0. The van der Waals surface area contributed by atoms with E-state index in [1.165, 1.54) is 5.57 Å².